The monoisotopic (exact) mass is 458 g/mol. The van der Waals surface area contributed by atoms with Gasteiger partial charge in [-0.2, -0.15) is 4.31 Å². The molecule has 26 heavy (non-hydrogen) atoms. The van der Waals surface area contributed by atoms with E-state index in [4.69, 9.17) is 11.6 Å². The lowest BCUT2D eigenvalue weighted by atomic mass is 10.1. The minimum Gasteiger partial charge on any atom is -0.324 e. The summed E-state index contributed by atoms with van der Waals surface area (Å²) in [5.74, 6) is -0.398. The van der Waals surface area contributed by atoms with E-state index >= 15 is 0 Å². The molecule has 2 rings (SSSR count). The Bertz CT molecular complexity index is 915. The van der Waals surface area contributed by atoms with Crippen LogP contribution < -0.4 is 5.32 Å². The number of hydrogen-bond acceptors (Lipinski definition) is 3. The number of carbonyl (C=O) groups is 1. The first-order valence-corrected chi connectivity index (χ1v) is 10.6. The van der Waals surface area contributed by atoms with Crippen LogP contribution in [0.5, 0.6) is 0 Å². The summed E-state index contributed by atoms with van der Waals surface area (Å²) < 4.78 is 27.1. The first-order valence-electron chi connectivity index (χ1n) is 7.96. The quantitative estimate of drug-likeness (QED) is 0.703. The first-order chi connectivity index (χ1) is 12.1. The minimum atomic E-state index is -3.77. The molecule has 1 amide bonds. The van der Waals surface area contributed by atoms with Gasteiger partial charge in [-0.05, 0) is 60.9 Å². The number of benzene rings is 2. The molecule has 0 saturated heterocycles. The molecule has 2 aromatic rings. The van der Waals surface area contributed by atoms with Gasteiger partial charge in [0.25, 0.3) is 0 Å². The Hall–Kier alpha value is -1.41. The standard InChI is InChI=1S/C18H20BrClN2O3S/c1-4-13-10-14(19)9-12(2)18(13)21-17(23)11-22(3)26(24,25)16-7-5-15(20)6-8-16/h5-10H,4,11H2,1-3H3,(H,21,23). The predicted octanol–water partition coefficient (Wildman–Crippen LogP) is 4.23. The summed E-state index contributed by atoms with van der Waals surface area (Å²) in [6, 6.07) is 9.68. The molecule has 0 spiro atoms. The van der Waals surface area contributed by atoms with E-state index in [2.05, 4.69) is 21.2 Å². The molecule has 5 nitrogen and oxygen atoms in total. The van der Waals surface area contributed by atoms with E-state index in [0.717, 1.165) is 32.0 Å². The van der Waals surface area contributed by atoms with Crippen molar-refractivity contribution in [1.29, 1.82) is 0 Å². The summed E-state index contributed by atoms with van der Waals surface area (Å²) in [6.07, 6.45) is 0.745. The van der Waals surface area contributed by atoms with Crippen LogP contribution in [0.25, 0.3) is 0 Å². The SMILES string of the molecule is CCc1cc(Br)cc(C)c1NC(=O)CN(C)S(=O)(=O)c1ccc(Cl)cc1. The van der Waals surface area contributed by atoms with E-state index in [1.165, 1.54) is 31.3 Å². The molecule has 0 saturated carbocycles. The molecule has 0 aliphatic carbocycles. The summed E-state index contributed by atoms with van der Waals surface area (Å²) >= 11 is 9.24. The van der Waals surface area contributed by atoms with Gasteiger partial charge in [-0.25, -0.2) is 8.42 Å². The molecule has 1 N–H and O–H groups in total. The number of aryl methyl sites for hydroxylation is 2. The highest BCUT2D eigenvalue weighted by atomic mass is 79.9. The predicted molar refractivity (Wildman–Crippen MR) is 108 cm³/mol. The largest absolute Gasteiger partial charge is 0.324 e. The summed E-state index contributed by atoms with van der Waals surface area (Å²) in [5, 5.41) is 3.28. The van der Waals surface area contributed by atoms with E-state index in [1.54, 1.807) is 0 Å². The van der Waals surface area contributed by atoms with Crippen LogP contribution >= 0.6 is 27.5 Å². The molecule has 0 heterocycles. The summed E-state index contributed by atoms with van der Waals surface area (Å²) in [5.41, 5.74) is 2.61. The fourth-order valence-corrected chi connectivity index (χ4v) is 4.40. The van der Waals surface area contributed by atoms with Crippen molar-refractivity contribution in [3.8, 4) is 0 Å². The molecule has 0 aromatic heterocycles. The van der Waals surface area contributed by atoms with Crippen molar-refractivity contribution in [2.45, 2.75) is 25.2 Å². The molecule has 0 radical (unpaired) electrons. The first kappa shape index (κ1) is 20.9. The van der Waals surface area contributed by atoms with Crippen LogP contribution in [0, 0.1) is 6.92 Å². The Kier molecular flexibility index (Phi) is 6.85. The maximum atomic E-state index is 12.6. The normalized spacial score (nSPS) is 11.6. The van der Waals surface area contributed by atoms with Crippen molar-refractivity contribution in [1.82, 2.24) is 4.31 Å². The van der Waals surface area contributed by atoms with Gasteiger partial charge in [0.2, 0.25) is 15.9 Å². The van der Waals surface area contributed by atoms with Gasteiger partial charge in [0.1, 0.15) is 0 Å². The molecule has 8 heteroatoms. The van der Waals surface area contributed by atoms with Crippen LogP contribution in [-0.2, 0) is 21.2 Å². The van der Waals surface area contributed by atoms with Gasteiger partial charge in [-0.1, -0.05) is 34.5 Å². The second kappa shape index (κ2) is 8.52. The number of halogens is 2. The van der Waals surface area contributed by atoms with E-state index in [9.17, 15) is 13.2 Å². The Morgan fingerprint density at radius 2 is 1.85 bits per heavy atom. The zero-order valence-corrected chi connectivity index (χ0v) is 17.9. The average Bonchev–Trinajstić information content (AvgIpc) is 2.57. The van der Waals surface area contributed by atoms with Crippen molar-refractivity contribution in [3.63, 3.8) is 0 Å². The second-order valence-electron chi connectivity index (χ2n) is 5.87. The molecule has 0 aliphatic heterocycles. The van der Waals surface area contributed by atoms with Crippen LogP contribution in [0.4, 0.5) is 5.69 Å². The summed E-state index contributed by atoms with van der Waals surface area (Å²) in [6.45, 7) is 3.60. The molecular weight excluding hydrogens is 440 g/mol. The number of hydrogen-bond donors (Lipinski definition) is 1. The Balaban J connectivity index is 2.16. The Labute approximate surface area is 167 Å². The van der Waals surface area contributed by atoms with Gasteiger partial charge >= 0.3 is 0 Å². The molecule has 2 aromatic carbocycles. The third kappa shape index (κ3) is 4.85. The van der Waals surface area contributed by atoms with Crippen LogP contribution in [0.2, 0.25) is 5.02 Å². The number of rotatable bonds is 6. The van der Waals surface area contributed by atoms with Crippen LogP contribution in [0.3, 0.4) is 0 Å². The fraction of sp³-hybridized carbons (Fsp3) is 0.278. The van der Waals surface area contributed by atoms with Crippen molar-refractivity contribution < 1.29 is 13.2 Å². The maximum Gasteiger partial charge on any atom is 0.243 e. The molecule has 0 fully saturated rings. The second-order valence-corrected chi connectivity index (χ2v) is 9.27. The zero-order chi connectivity index (χ0) is 19.5. The number of nitrogens with zero attached hydrogens (tertiary/aromatic N) is 1. The van der Waals surface area contributed by atoms with E-state index in [0.29, 0.717) is 5.02 Å². The third-order valence-electron chi connectivity index (χ3n) is 3.92. The highest BCUT2D eigenvalue weighted by Gasteiger charge is 2.23. The lowest BCUT2D eigenvalue weighted by molar-refractivity contribution is -0.116. The summed E-state index contributed by atoms with van der Waals surface area (Å²) in [4.78, 5) is 12.5. The molecule has 0 aliphatic rings. The highest BCUT2D eigenvalue weighted by Crippen LogP contribution is 2.26. The maximum absolute atomic E-state index is 12.6. The van der Waals surface area contributed by atoms with Crippen molar-refractivity contribution in [2.24, 2.45) is 0 Å². The lowest BCUT2D eigenvalue weighted by Gasteiger charge is -2.19. The van der Waals surface area contributed by atoms with Gasteiger partial charge in [0, 0.05) is 22.2 Å². The minimum absolute atomic E-state index is 0.0891. The number of nitrogens with one attached hydrogen (secondary N) is 1. The van der Waals surface area contributed by atoms with Crippen molar-refractivity contribution >= 4 is 49.1 Å². The molecule has 0 unspecified atom stereocenters. The highest BCUT2D eigenvalue weighted by molar-refractivity contribution is 9.10. The van der Waals surface area contributed by atoms with E-state index < -0.39 is 15.9 Å². The van der Waals surface area contributed by atoms with E-state index in [-0.39, 0.29) is 11.4 Å². The van der Waals surface area contributed by atoms with Crippen LogP contribution in [-0.4, -0.2) is 32.2 Å². The Morgan fingerprint density at radius 1 is 1.23 bits per heavy atom. The topological polar surface area (TPSA) is 66.5 Å². The Morgan fingerprint density at radius 3 is 2.42 bits per heavy atom. The van der Waals surface area contributed by atoms with E-state index in [1.807, 2.05) is 26.0 Å². The summed E-state index contributed by atoms with van der Waals surface area (Å²) in [7, 11) is -2.40. The average molecular weight is 460 g/mol. The third-order valence-corrected chi connectivity index (χ3v) is 6.44. The van der Waals surface area contributed by atoms with Crippen LogP contribution in [0.15, 0.2) is 45.8 Å². The zero-order valence-electron chi connectivity index (χ0n) is 14.7. The number of amides is 1. The van der Waals surface area contributed by atoms with Gasteiger partial charge in [-0.15, -0.1) is 0 Å². The number of carbonyl (C=O) groups excluding carboxylic acids is 1. The van der Waals surface area contributed by atoms with Crippen molar-refractivity contribution in [2.75, 3.05) is 18.9 Å². The fourth-order valence-electron chi connectivity index (χ4n) is 2.52. The van der Waals surface area contributed by atoms with Gasteiger partial charge in [-0.3, -0.25) is 4.79 Å². The molecular formula is C18H20BrClN2O3S. The molecule has 0 bridgehead atoms. The number of anilines is 1. The van der Waals surface area contributed by atoms with Gasteiger partial charge in [0.15, 0.2) is 0 Å². The lowest BCUT2D eigenvalue weighted by Crippen LogP contribution is -2.35. The molecule has 140 valence electrons. The number of sulfonamides is 1. The smallest absolute Gasteiger partial charge is 0.243 e. The number of likely N-dealkylation sites (N-methyl/N-ethyl adjacent to an activating group) is 1. The van der Waals surface area contributed by atoms with Crippen molar-refractivity contribution in [3.05, 3.63) is 57.0 Å². The van der Waals surface area contributed by atoms with Crippen LogP contribution in [0.1, 0.15) is 18.1 Å². The molecule has 0 atom stereocenters. The van der Waals surface area contributed by atoms with Gasteiger partial charge < -0.3 is 5.32 Å². The van der Waals surface area contributed by atoms with Gasteiger partial charge in [0.05, 0.1) is 11.4 Å².